The van der Waals surface area contributed by atoms with Crippen LogP contribution in [0.3, 0.4) is 0 Å². The van der Waals surface area contributed by atoms with Gasteiger partial charge in [0, 0.05) is 34.1 Å². The summed E-state index contributed by atoms with van der Waals surface area (Å²) in [6, 6.07) is -8.34. The predicted octanol–water partition coefficient (Wildman–Crippen LogP) is -24.3. The molecule has 61 atom stereocenters. The molecule has 0 aliphatic carbocycles. The molecular formula is C83H138N4O61. The molecule has 0 aromatic rings. The van der Waals surface area contributed by atoms with E-state index in [0.717, 1.165) is 27.7 Å². The fourth-order valence-electron chi connectivity index (χ4n) is 19.6. The van der Waals surface area contributed by atoms with Gasteiger partial charge in [-0.1, -0.05) is 0 Å². The topological polar surface area (TPSA) is 1010 Å². The molecule has 12 rings (SSSR count). The van der Waals surface area contributed by atoms with E-state index in [9.17, 15) is 192 Å². The van der Waals surface area contributed by atoms with E-state index in [0.29, 0.717) is 0 Å². The first kappa shape index (κ1) is 122. The quantitative estimate of drug-likeness (QED) is 0.0273. The van der Waals surface area contributed by atoms with Crippen LogP contribution in [0.15, 0.2) is 0 Å². The Hall–Kier alpha value is -4.85. The molecule has 65 nitrogen and oxygen atoms in total. The third-order valence-electron chi connectivity index (χ3n) is 27.6. The average molecular weight is 2170 g/mol. The van der Waals surface area contributed by atoms with Gasteiger partial charge in [-0.3, -0.25) is 19.2 Å². The summed E-state index contributed by atoms with van der Waals surface area (Å²) in [5, 5.41) is 383. The molecule has 12 fully saturated rings. The van der Waals surface area contributed by atoms with Crippen LogP contribution in [0.25, 0.3) is 0 Å². The fraction of sp³-hybridized carbons (Fsp3) is 0.940. The molecule has 4 amide bonds. The summed E-state index contributed by atoms with van der Waals surface area (Å²) in [6.45, 7) is -4.40. The Morgan fingerprint density at radius 1 is 0.277 bits per heavy atom. The third-order valence-corrected chi connectivity index (χ3v) is 27.6. The van der Waals surface area contributed by atoms with E-state index < -0.39 is 469 Å². The predicted molar refractivity (Wildman–Crippen MR) is 454 cm³/mol. The molecule has 0 saturated carbocycles. The Morgan fingerprint density at radius 3 is 0.811 bits per heavy atom. The van der Waals surface area contributed by atoms with Gasteiger partial charge < -0.3 is 299 Å². The second kappa shape index (κ2) is 52.1. The van der Waals surface area contributed by atoms with Gasteiger partial charge in [0.15, 0.2) is 69.2 Å². The van der Waals surface area contributed by atoms with Crippen molar-refractivity contribution in [2.75, 3.05) is 59.5 Å². The molecule has 0 bridgehead atoms. The molecule has 12 saturated heterocycles. The normalized spacial score (nSPS) is 49.8. The second-order valence-electron chi connectivity index (χ2n) is 37.9. The van der Waals surface area contributed by atoms with Crippen LogP contribution in [0.1, 0.15) is 54.9 Å². The SMILES string of the molecule is CC(=O)N[C@H]1[C@H](O[C@H]2[C@@H](O)[C@@H](CO)O[C@@H](O[C@H]3[C@H](O)[C@@H](O)[C@H](O)O[C@@H]3CO)[C@@H]2O)O[C@H](CO)[C@@H](O[C@@H]2O[C@H](CO)[C@H](O)[C@H](O[C@@H]3O[C@H](CO)[C@@H](O[C@@H]4O[C@H](CO)[C@H](O)[C@H](O[C@@H]5O[C@H](CO)[C@@H](O[C@@H]6O[C@H](CO)[C@H](O)[C@H](O[C@]7(C(=O)O)C[C@H](O)[C@@H](NC(C)=O)[C@H]([C@H](O)[C@H](O)CO)O7)[C@H]6O)[C@H](O[C@@H]6O[C@@H](C)[C@@H](O)[C@@H](O)[C@@H]6O)[C@H]5NC(C)=O)[C@H]4O)[C@H](O[C@@H]4O[C@@H](C)[C@@H](O)[C@@H](O)[C@@H]4O)[C@H]3NC(C)=O)[C@H]2O)[C@@H]1O[C@@H]1O[C@@H](C)[C@@H](O)[C@@H](O)[C@@H]1O. The Kier molecular flexibility index (Phi) is 42.9. The standard InChI is InChI=1S/C83H138N4O61/c1-18-39(103)47(111)52(116)75(126-18)141-64-36(85-22(5)98)72(144-67-43(107)27(10-89)130-78(55(67)119)137-59-31(14-93)129-71(123)51(115)50(59)114)134-32(15-94)60(64)138-79-56(120)68(44(108)28(11-90)131-79)145-73-37(86-23(6)99)65(142-76-53(117)48(112)40(104)19(2)127-76)61(33(16-95)135-73)139-80-57(121)69(45(109)29(12-91)132-80)146-74-38(87-24(7)100)66(143-77-54(118)49(113)41(105)20(3)128-77)62(34(17-96)136-74)140-81-58(122)70(46(110)30(13-92)133-81)148-83(82(124)125)8-25(101)35(84-21(4)97)63(147-83)42(106)26(102)9-88/h18-20,25-81,88-96,101-123H,8-17H2,1-7H3,(H,84,97)(H,85,98)(H,86,99)(H,87,100)(H,124,125)/t18-,19-,20-,25-,26+,27+,28+,29+,30+,31+,32+,33+,34+,35+,36+,37+,38+,39+,40+,41+,42+,43-,44-,45-,46-,47+,48+,49+,50+,51+,52-,53-,54-,55+,56+,57+,58+,59+,60+,61+,62+,63+,64+,65+,66+,67-,68-,69-,70-,71+,72-,73-,74-,75-,76-,77-,78-,79-,80-,81-,83-/m0/s1. The van der Waals surface area contributed by atoms with E-state index >= 15 is 0 Å². The first-order chi connectivity index (χ1) is 69.8. The largest absolute Gasteiger partial charge is 0.477 e. The molecular weight excluding hydrogens is 2030 g/mol. The number of nitrogens with one attached hydrogen (secondary N) is 4. The molecule has 0 spiro atoms. The lowest BCUT2D eigenvalue weighted by Crippen LogP contribution is -2.72. The van der Waals surface area contributed by atoms with Gasteiger partial charge in [0.1, 0.15) is 268 Å². The number of rotatable bonds is 38. The van der Waals surface area contributed by atoms with E-state index in [1.54, 1.807) is 0 Å². The maximum absolute atomic E-state index is 13.9. The lowest BCUT2D eigenvalue weighted by atomic mass is 9.88. The van der Waals surface area contributed by atoms with Crippen molar-refractivity contribution in [1.29, 1.82) is 0 Å². The average Bonchev–Trinajstić information content (AvgIpc) is 0.751. The molecule has 12 heterocycles. The van der Waals surface area contributed by atoms with Gasteiger partial charge in [-0.25, -0.2) is 4.79 Å². The van der Waals surface area contributed by atoms with Crippen LogP contribution < -0.4 is 21.3 Å². The van der Waals surface area contributed by atoms with Gasteiger partial charge in [0.25, 0.3) is 5.79 Å². The minimum Gasteiger partial charge on any atom is -0.477 e. The lowest BCUT2D eigenvalue weighted by Gasteiger charge is -2.53. The number of aliphatic hydroxyl groups excluding tert-OH is 32. The molecule has 0 aromatic heterocycles. The van der Waals surface area contributed by atoms with Crippen molar-refractivity contribution < 1.29 is 301 Å². The van der Waals surface area contributed by atoms with Gasteiger partial charge in [-0.15, -0.1) is 0 Å². The minimum absolute atomic E-state index is 0.846. The summed E-state index contributed by atoms with van der Waals surface area (Å²) in [5.74, 6) is -9.80. The first-order valence-electron chi connectivity index (χ1n) is 47.4. The third kappa shape index (κ3) is 26.1. The molecule has 148 heavy (non-hydrogen) atoms. The minimum atomic E-state index is -3.39. The number of hydrogen-bond acceptors (Lipinski definition) is 60. The number of hydrogen-bond donors (Lipinski definition) is 37. The maximum Gasteiger partial charge on any atom is 0.364 e. The molecule has 37 N–H and O–H groups in total. The van der Waals surface area contributed by atoms with E-state index in [4.69, 9.17) is 109 Å². The van der Waals surface area contributed by atoms with Crippen molar-refractivity contribution in [2.45, 2.75) is 429 Å². The summed E-state index contributed by atoms with van der Waals surface area (Å²) in [5.41, 5.74) is 0. The number of aliphatic hydroxyl groups is 32. The monoisotopic (exact) mass is 2170 g/mol. The Labute approximate surface area is 837 Å². The van der Waals surface area contributed by atoms with Gasteiger partial charge in [-0.2, -0.15) is 0 Å². The van der Waals surface area contributed by atoms with Crippen LogP contribution in [0.2, 0.25) is 0 Å². The highest BCUT2D eigenvalue weighted by Gasteiger charge is 2.66. The van der Waals surface area contributed by atoms with Crippen molar-refractivity contribution >= 4 is 29.6 Å². The Bertz CT molecular complexity index is 4190. The lowest BCUT2D eigenvalue weighted by molar-refractivity contribution is -0.405. The van der Waals surface area contributed by atoms with E-state index in [-0.39, 0.29) is 0 Å². The molecule has 65 heteroatoms. The van der Waals surface area contributed by atoms with E-state index in [2.05, 4.69) is 21.3 Å². The summed E-state index contributed by atoms with van der Waals surface area (Å²) in [7, 11) is 0. The number of carboxylic acids is 1. The van der Waals surface area contributed by atoms with Gasteiger partial charge in [0.05, 0.1) is 89.9 Å². The van der Waals surface area contributed by atoms with E-state index in [1.165, 1.54) is 20.8 Å². The van der Waals surface area contributed by atoms with Gasteiger partial charge >= 0.3 is 5.97 Å². The Balaban J connectivity index is 0.865. The van der Waals surface area contributed by atoms with Crippen LogP contribution in [0.4, 0.5) is 0 Å². The molecule has 0 radical (unpaired) electrons. The van der Waals surface area contributed by atoms with Crippen LogP contribution >= 0.6 is 0 Å². The number of carbonyl (C=O) groups excluding carboxylic acids is 4. The molecule has 12 aliphatic heterocycles. The molecule has 856 valence electrons. The molecule has 0 unspecified atom stereocenters. The molecule has 12 aliphatic rings. The van der Waals surface area contributed by atoms with Crippen LogP contribution in [-0.4, -0.2) is 631 Å². The fourth-order valence-corrected chi connectivity index (χ4v) is 19.6. The second-order valence-corrected chi connectivity index (χ2v) is 37.9. The highest BCUT2D eigenvalue weighted by Crippen LogP contribution is 2.46. The summed E-state index contributed by atoms with van der Waals surface area (Å²) >= 11 is 0. The zero-order valence-corrected chi connectivity index (χ0v) is 79.9. The first-order valence-corrected chi connectivity index (χ1v) is 47.4. The maximum atomic E-state index is 13.9. The number of amides is 4. The van der Waals surface area contributed by atoms with Crippen LogP contribution in [0.5, 0.6) is 0 Å². The van der Waals surface area contributed by atoms with Crippen LogP contribution in [0, 0.1) is 0 Å². The van der Waals surface area contributed by atoms with Crippen molar-refractivity contribution in [2.24, 2.45) is 0 Å². The zero-order chi connectivity index (χ0) is 109. The van der Waals surface area contributed by atoms with Crippen molar-refractivity contribution in [3.63, 3.8) is 0 Å². The van der Waals surface area contributed by atoms with Crippen molar-refractivity contribution in [3.05, 3.63) is 0 Å². The van der Waals surface area contributed by atoms with Crippen molar-refractivity contribution in [3.8, 4) is 0 Å². The zero-order valence-electron chi connectivity index (χ0n) is 79.9. The summed E-state index contributed by atoms with van der Waals surface area (Å²) < 4.78 is 139. The number of carbonyl (C=O) groups is 5. The van der Waals surface area contributed by atoms with E-state index in [1.807, 2.05) is 0 Å². The highest BCUT2D eigenvalue weighted by molar-refractivity contribution is 5.77. The van der Waals surface area contributed by atoms with Gasteiger partial charge in [0.2, 0.25) is 23.6 Å². The summed E-state index contributed by atoms with van der Waals surface area (Å²) in [6.07, 6.45) is -125. The Morgan fingerprint density at radius 2 is 0.527 bits per heavy atom. The number of ether oxygens (including phenoxy) is 23. The van der Waals surface area contributed by atoms with Crippen LogP contribution in [-0.2, 0) is 133 Å². The molecule has 0 aromatic carbocycles. The highest BCUT2D eigenvalue weighted by atomic mass is 16.8. The number of carboxylic acid groups (broad SMARTS) is 1. The van der Waals surface area contributed by atoms with Gasteiger partial charge in [-0.05, 0) is 20.8 Å². The number of aliphatic carboxylic acids is 1. The smallest absolute Gasteiger partial charge is 0.364 e. The van der Waals surface area contributed by atoms with Crippen molar-refractivity contribution in [1.82, 2.24) is 21.3 Å². The summed E-state index contributed by atoms with van der Waals surface area (Å²) in [4.78, 5) is 67.3.